The second-order valence-electron chi connectivity index (χ2n) is 9.10. The van der Waals surface area contributed by atoms with Crippen LogP contribution in [0.5, 0.6) is 0 Å². The summed E-state index contributed by atoms with van der Waals surface area (Å²) in [5, 5.41) is 15.5. The van der Waals surface area contributed by atoms with Crippen molar-refractivity contribution in [2.24, 2.45) is 5.92 Å². The number of hydrogen-bond donors (Lipinski definition) is 1. The molecule has 2 unspecified atom stereocenters. The normalized spacial score (nSPS) is 19.3. The molecule has 3 rings (SSSR count). The van der Waals surface area contributed by atoms with E-state index in [9.17, 15) is 14.3 Å². The Morgan fingerprint density at radius 3 is 2.81 bits per heavy atom. The van der Waals surface area contributed by atoms with Crippen molar-refractivity contribution in [2.45, 2.75) is 51.5 Å². The van der Waals surface area contributed by atoms with Crippen LogP contribution in [0.4, 0.5) is 10.2 Å². The molecule has 0 amide bonds. The van der Waals surface area contributed by atoms with Crippen LogP contribution in [0.2, 0.25) is 30.7 Å². The van der Waals surface area contributed by atoms with E-state index in [1.54, 1.807) is 15.6 Å². The summed E-state index contributed by atoms with van der Waals surface area (Å²) in [6, 6.07) is 5.73. The number of carbonyl (C=O) groups is 1. The molecule has 0 saturated carbocycles. The van der Waals surface area contributed by atoms with Crippen molar-refractivity contribution < 1.29 is 19.0 Å². The number of hydrogen-bond acceptors (Lipinski definition) is 5. The second-order valence-corrected chi connectivity index (χ2v) is 15.9. The molecule has 2 atom stereocenters. The third kappa shape index (κ3) is 5.95. The van der Waals surface area contributed by atoms with Gasteiger partial charge in [-0.3, -0.25) is 4.79 Å². The Bertz CT molecular complexity index is 937. The van der Waals surface area contributed by atoms with Gasteiger partial charge in [0.05, 0.1) is 10.6 Å². The molecule has 0 radical (unpaired) electrons. The summed E-state index contributed by atoms with van der Waals surface area (Å²) in [5.74, 6) is -0.0496. The molecule has 0 bridgehead atoms. The van der Waals surface area contributed by atoms with Gasteiger partial charge in [0.2, 0.25) is 0 Å². The van der Waals surface area contributed by atoms with Gasteiger partial charge in [-0.2, -0.15) is 5.10 Å². The molecule has 1 aliphatic heterocycles. The Hall–Kier alpha value is -1.26. The average molecular weight is 533 g/mol. The minimum absolute atomic E-state index is 0.0795. The first-order valence-corrected chi connectivity index (χ1v) is 15.2. The number of aromatic nitrogens is 2. The van der Waals surface area contributed by atoms with E-state index >= 15 is 0 Å². The molecule has 10 heteroatoms. The highest BCUT2D eigenvalue weighted by molar-refractivity contribution is 9.10. The van der Waals surface area contributed by atoms with Gasteiger partial charge in [-0.1, -0.05) is 37.3 Å². The summed E-state index contributed by atoms with van der Waals surface area (Å²) in [6.07, 6.45) is 1.11. The lowest BCUT2D eigenvalue weighted by atomic mass is 9.97. The molecule has 1 fully saturated rings. The van der Waals surface area contributed by atoms with Crippen molar-refractivity contribution in [3.05, 3.63) is 44.8 Å². The maximum atomic E-state index is 13.8. The third-order valence-corrected chi connectivity index (χ3v) is 8.08. The van der Waals surface area contributed by atoms with Crippen LogP contribution in [0.3, 0.4) is 0 Å². The molecule has 1 aromatic carbocycles. The van der Waals surface area contributed by atoms with Crippen LogP contribution in [0, 0.1) is 11.7 Å². The summed E-state index contributed by atoms with van der Waals surface area (Å²) in [6.45, 7) is 8.22. The number of benzene rings is 1. The molecule has 2 heterocycles. The van der Waals surface area contributed by atoms with Gasteiger partial charge in [-0.05, 0) is 52.5 Å². The Morgan fingerprint density at radius 1 is 1.42 bits per heavy atom. The van der Waals surface area contributed by atoms with Gasteiger partial charge in [0, 0.05) is 27.1 Å². The zero-order valence-corrected chi connectivity index (χ0v) is 21.3. The smallest absolute Gasteiger partial charge is 0.156 e. The minimum Gasteiger partial charge on any atom is -0.373 e. The highest BCUT2D eigenvalue weighted by Crippen LogP contribution is 2.35. The van der Waals surface area contributed by atoms with E-state index in [0.29, 0.717) is 42.0 Å². The predicted octanol–water partition coefficient (Wildman–Crippen LogP) is 4.95. The summed E-state index contributed by atoms with van der Waals surface area (Å²) in [5.41, 5.74) is 1.15. The second kappa shape index (κ2) is 10.1. The number of aliphatic hydroxyl groups is 1. The number of halogens is 3. The van der Waals surface area contributed by atoms with Gasteiger partial charge >= 0.3 is 0 Å². The molecule has 6 nitrogen and oxygen atoms in total. The fourth-order valence-corrected chi connectivity index (χ4v) is 5.05. The number of rotatable bonds is 9. The topological polar surface area (TPSA) is 67.6 Å². The molecule has 1 N–H and O–H groups in total. The maximum absolute atomic E-state index is 13.8. The first-order chi connectivity index (χ1) is 14.6. The first kappa shape index (κ1) is 24.4. The molecule has 1 saturated heterocycles. The van der Waals surface area contributed by atoms with E-state index in [0.717, 1.165) is 17.9 Å². The number of aldehydes is 1. The van der Waals surface area contributed by atoms with Crippen molar-refractivity contribution in [2.75, 3.05) is 18.1 Å². The average Bonchev–Trinajstić information content (AvgIpc) is 3.20. The quantitative estimate of drug-likeness (QED) is 0.281. The standard InChI is InChI=1S/C21H28BrClFN3O3Si/c1-31(2,3)9-8-30-13-27-20(16(12-28)19(22)25-27)26-7-6-15(21(26)29)10-14-4-5-17(23)18(24)11-14/h4-5,11-12,15,21,29H,6-10,13H2,1-3H3. The van der Waals surface area contributed by atoms with E-state index in [1.165, 1.54) is 12.1 Å². The van der Waals surface area contributed by atoms with Crippen LogP contribution in [-0.2, 0) is 17.9 Å². The van der Waals surface area contributed by atoms with Gasteiger partial charge in [0.25, 0.3) is 0 Å². The molecule has 1 aliphatic rings. The van der Waals surface area contributed by atoms with E-state index in [-0.39, 0.29) is 17.7 Å². The molecular formula is C21H28BrClFN3O3Si. The largest absolute Gasteiger partial charge is 0.373 e. The number of ether oxygens (including phenoxy) is 1. The molecule has 31 heavy (non-hydrogen) atoms. The van der Waals surface area contributed by atoms with E-state index in [4.69, 9.17) is 16.3 Å². The van der Waals surface area contributed by atoms with Gasteiger partial charge in [0.1, 0.15) is 29.2 Å². The van der Waals surface area contributed by atoms with E-state index in [2.05, 4.69) is 40.7 Å². The Morgan fingerprint density at radius 2 is 2.16 bits per heavy atom. The number of nitrogens with zero attached hydrogens (tertiary/aromatic N) is 3. The Labute approximate surface area is 196 Å². The van der Waals surface area contributed by atoms with Crippen LogP contribution in [-0.4, -0.2) is 48.6 Å². The number of carbonyl (C=O) groups excluding carboxylic acids is 1. The molecule has 2 aromatic rings. The van der Waals surface area contributed by atoms with Crippen LogP contribution < -0.4 is 4.90 Å². The van der Waals surface area contributed by atoms with Gasteiger partial charge in [-0.15, -0.1) is 0 Å². The van der Waals surface area contributed by atoms with Crippen LogP contribution in [0.15, 0.2) is 22.8 Å². The zero-order chi connectivity index (χ0) is 22.8. The highest BCUT2D eigenvalue weighted by atomic mass is 79.9. The monoisotopic (exact) mass is 531 g/mol. The van der Waals surface area contributed by atoms with Gasteiger partial charge in [0.15, 0.2) is 6.29 Å². The van der Waals surface area contributed by atoms with Crippen molar-refractivity contribution in [3.63, 3.8) is 0 Å². The van der Waals surface area contributed by atoms with Crippen LogP contribution in [0.1, 0.15) is 22.3 Å². The molecule has 1 aromatic heterocycles. The summed E-state index contributed by atoms with van der Waals surface area (Å²) in [4.78, 5) is 13.5. The molecule has 0 aliphatic carbocycles. The number of anilines is 1. The van der Waals surface area contributed by atoms with Crippen molar-refractivity contribution in [3.8, 4) is 0 Å². The third-order valence-electron chi connectivity index (χ3n) is 5.48. The highest BCUT2D eigenvalue weighted by Gasteiger charge is 2.36. The number of aliphatic hydroxyl groups excluding tert-OH is 1. The minimum atomic E-state index is -1.22. The summed E-state index contributed by atoms with van der Waals surface area (Å²) < 4.78 is 21.7. The van der Waals surface area contributed by atoms with Gasteiger partial charge in [-0.25, -0.2) is 9.07 Å². The van der Waals surface area contributed by atoms with Crippen molar-refractivity contribution >= 4 is 47.7 Å². The SMILES string of the molecule is C[Si](C)(C)CCOCn1nc(Br)c(C=O)c1N1CCC(Cc2ccc(Cl)c(F)c2)C1O. The lowest BCUT2D eigenvalue weighted by Crippen LogP contribution is -2.35. The molecule has 170 valence electrons. The van der Waals surface area contributed by atoms with Crippen molar-refractivity contribution in [1.82, 2.24) is 9.78 Å². The molecular weight excluding hydrogens is 505 g/mol. The lowest BCUT2D eigenvalue weighted by Gasteiger charge is -2.26. The Kier molecular flexibility index (Phi) is 7.96. The summed E-state index contributed by atoms with van der Waals surface area (Å²) in [7, 11) is -1.22. The maximum Gasteiger partial charge on any atom is 0.156 e. The van der Waals surface area contributed by atoms with Gasteiger partial charge < -0.3 is 14.7 Å². The first-order valence-electron chi connectivity index (χ1n) is 10.3. The van der Waals surface area contributed by atoms with Crippen LogP contribution in [0.25, 0.3) is 0 Å². The van der Waals surface area contributed by atoms with Crippen LogP contribution >= 0.6 is 27.5 Å². The Balaban J connectivity index is 1.75. The van der Waals surface area contributed by atoms with Crippen molar-refractivity contribution in [1.29, 1.82) is 0 Å². The lowest BCUT2D eigenvalue weighted by molar-refractivity contribution is 0.0768. The molecule has 0 spiro atoms. The van der Waals surface area contributed by atoms with E-state index < -0.39 is 20.1 Å². The van der Waals surface area contributed by atoms with E-state index in [1.807, 2.05) is 0 Å². The summed E-state index contributed by atoms with van der Waals surface area (Å²) >= 11 is 9.11. The zero-order valence-electron chi connectivity index (χ0n) is 17.9. The predicted molar refractivity (Wildman–Crippen MR) is 126 cm³/mol. The fourth-order valence-electron chi connectivity index (χ4n) is 3.71. The fraction of sp³-hybridized carbons (Fsp3) is 0.524.